The molecule has 8 heteroatoms. The summed E-state index contributed by atoms with van der Waals surface area (Å²) in [4.78, 5) is 36.1. The van der Waals surface area contributed by atoms with Gasteiger partial charge in [0.05, 0.1) is 0 Å². The number of ether oxygens (including phenoxy) is 2. The van der Waals surface area contributed by atoms with Gasteiger partial charge in [0.15, 0.2) is 18.8 Å². The van der Waals surface area contributed by atoms with Crippen LogP contribution in [0.25, 0.3) is 0 Å². The summed E-state index contributed by atoms with van der Waals surface area (Å²) in [5.41, 5.74) is 1.21. The lowest BCUT2D eigenvalue weighted by Crippen LogP contribution is -2.29. The summed E-state index contributed by atoms with van der Waals surface area (Å²) in [5.74, 6) is -1.92. The molecular formula is C20H17ClN2O5. The molecule has 0 saturated heterocycles. The zero-order valence-electron chi connectivity index (χ0n) is 14.7. The third-order valence-corrected chi connectivity index (χ3v) is 4.04. The van der Waals surface area contributed by atoms with Gasteiger partial charge in [-0.1, -0.05) is 41.9 Å². The van der Waals surface area contributed by atoms with Gasteiger partial charge in [-0.2, -0.15) is 0 Å². The molecule has 1 aliphatic rings. The quantitative estimate of drug-likeness (QED) is 0.547. The van der Waals surface area contributed by atoms with Crippen molar-refractivity contribution in [2.45, 2.75) is 6.54 Å². The Morgan fingerprint density at radius 1 is 1.11 bits per heavy atom. The number of amides is 1. The molecule has 28 heavy (non-hydrogen) atoms. The van der Waals surface area contributed by atoms with Gasteiger partial charge in [0.25, 0.3) is 5.91 Å². The lowest BCUT2D eigenvalue weighted by molar-refractivity contribution is -0.145. The average molecular weight is 401 g/mol. The summed E-state index contributed by atoms with van der Waals surface area (Å²) in [6.45, 7) is -0.544. The molecule has 0 fully saturated rings. The first-order valence-corrected chi connectivity index (χ1v) is 8.81. The van der Waals surface area contributed by atoms with Gasteiger partial charge in [-0.05, 0) is 29.8 Å². The number of para-hydroxylation sites is 1. The Hall–Kier alpha value is -3.32. The number of Topliss-reactive ketones (excluding diaryl/α,β-unsaturated/α-hetero) is 1. The summed E-state index contributed by atoms with van der Waals surface area (Å²) in [5, 5.41) is 6.03. The van der Waals surface area contributed by atoms with Gasteiger partial charge in [0, 0.05) is 17.3 Å². The smallest absolute Gasteiger partial charge is 0.347 e. The Kier molecular flexibility index (Phi) is 6.29. The molecule has 2 aromatic carbocycles. The molecule has 0 atom stereocenters. The fraction of sp³-hybridized carbons (Fsp3) is 0.150. The van der Waals surface area contributed by atoms with E-state index >= 15 is 0 Å². The molecule has 2 N–H and O–H groups in total. The van der Waals surface area contributed by atoms with E-state index in [0.29, 0.717) is 10.7 Å². The molecule has 0 unspecified atom stereocenters. The number of anilines is 1. The van der Waals surface area contributed by atoms with Crippen LogP contribution in [-0.4, -0.2) is 30.9 Å². The second-order valence-corrected chi connectivity index (χ2v) is 6.33. The molecule has 0 bridgehead atoms. The third kappa shape index (κ3) is 5.11. The van der Waals surface area contributed by atoms with Crippen LogP contribution in [0.15, 0.2) is 66.1 Å². The van der Waals surface area contributed by atoms with Gasteiger partial charge < -0.3 is 20.1 Å². The Balaban J connectivity index is 1.55. The predicted octanol–water partition coefficient (Wildman–Crippen LogP) is 2.42. The summed E-state index contributed by atoms with van der Waals surface area (Å²) in [7, 11) is 0. The number of rotatable bonds is 7. The Morgan fingerprint density at radius 3 is 2.64 bits per heavy atom. The Morgan fingerprint density at radius 2 is 1.89 bits per heavy atom. The number of ketones is 1. The van der Waals surface area contributed by atoms with Crippen molar-refractivity contribution in [1.82, 2.24) is 5.32 Å². The maximum Gasteiger partial charge on any atom is 0.347 e. The number of halogens is 1. The highest BCUT2D eigenvalue weighted by molar-refractivity contribution is 6.30. The van der Waals surface area contributed by atoms with Gasteiger partial charge in [0.1, 0.15) is 0 Å². The van der Waals surface area contributed by atoms with E-state index in [-0.39, 0.29) is 24.6 Å². The van der Waals surface area contributed by atoms with E-state index in [1.807, 2.05) is 6.07 Å². The van der Waals surface area contributed by atoms with Crippen molar-refractivity contribution >= 4 is 34.9 Å². The number of esters is 1. The lowest BCUT2D eigenvalue weighted by Gasteiger charge is -2.09. The molecule has 0 aromatic heterocycles. The van der Waals surface area contributed by atoms with Crippen molar-refractivity contribution in [2.24, 2.45) is 0 Å². The highest BCUT2D eigenvalue weighted by atomic mass is 35.5. The van der Waals surface area contributed by atoms with Crippen LogP contribution >= 0.6 is 11.6 Å². The summed E-state index contributed by atoms with van der Waals surface area (Å²) < 4.78 is 10.2. The second kappa shape index (κ2) is 9.05. The van der Waals surface area contributed by atoms with Crippen molar-refractivity contribution in [1.29, 1.82) is 0 Å². The average Bonchev–Trinajstić information content (AvgIpc) is 3.05. The van der Waals surface area contributed by atoms with Gasteiger partial charge >= 0.3 is 5.97 Å². The van der Waals surface area contributed by atoms with E-state index in [4.69, 9.17) is 21.1 Å². The molecule has 0 aliphatic carbocycles. The van der Waals surface area contributed by atoms with Gasteiger partial charge in [-0.3, -0.25) is 9.59 Å². The number of carbonyl (C=O) groups excluding carboxylic acids is 3. The van der Waals surface area contributed by atoms with Crippen LogP contribution in [0.4, 0.5) is 5.69 Å². The number of hydrogen-bond donors (Lipinski definition) is 2. The molecule has 0 radical (unpaired) electrons. The Labute approximate surface area is 166 Å². The van der Waals surface area contributed by atoms with Crippen molar-refractivity contribution in [3.8, 4) is 0 Å². The maximum atomic E-state index is 12.3. The van der Waals surface area contributed by atoms with E-state index in [2.05, 4.69) is 10.6 Å². The van der Waals surface area contributed by atoms with Crippen molar-refractivity contribution < 1.29 is 23.9 Å². The predicted molar refractivity (Wildman–Crippen MR) is 102 cm³/mol. The topological polar surface area (TPSA) is 93.7 Å². The minimum absolute atomic E-state index is 0.0144. The fourth-order valence-electron chi connectivity index (χ4n) is 2.47. The SMILES string of the molecule is O=C(COC(=O)C1=C(Nc2ccccc2)OCC1=O)NCc1cccc(Cl)c1. The van der Waals surface area contributed by atoms with Crippen LogP contribution < -0.4 is 10.6 Å². The van der Waals surface area contributed by atoms with Crippen LogP contribution in [0, 0.1) is 0 Å². The van der Waals surface area contributed by atoms with Crippen LogP contribution in [0.5, 0.6) is 0 Å². The molecule has 144 valence electrons. The van der Waals surface area contributed by atoms with Crippen LogP contribution in [0.3, 0.4) is 0 Å². The van der Waals surface area contributed by atoms with E-state index in [1.54, 1.807) is 48.5 Å². The van der Waals surface area contributed by atoms with Gasteiger partial charge in [-0.15, -0.1) is 0 Å². The van der Waals surface area contributed by atoms with Crippen molar-refractivity contribution in [2.75, 3.05) is 18.5 Å². The standard InChI is InChI=1S/C20H17ClN2O5/c21-14-6-4-5-13(9-14)10-22-17(25)12-28-20(26)18-16(24)11-27-19(18)23-15-7-2-1-3-8-15/h1-9,23H,10-12H2,(H,22,25). The van der Waals surface area contributed by atoms with Crippen LogP contribution in [-0.2, 0) is 30.4 Å². The minimum atomic E-state index is -0.918. The zero-order chi connectivity index (χ0) is 19.9. The minimum Gasteiger partial charge on any atom is -0.470 e. The zero-order valence-corrected chi connectivity index (χ0v) is 15.5. The second-order valence-electron chi connectivity index (χ2n) is 5.89. The van der Waals surface area contributed by atoms with E-state index < -0.39 is 24.3 Å². The highest BCUT2D eigenvalue weighted by Gasteiger charge is 2.32. The first-order valence-electron chi connectivity index (χ1n) is 8.43. The fourth-order valence-corrected chi connectivity index (χ4v) is 2.68. The number of hydrogen-bond acceptors (Lipinski definition) is 6. The largest absolute Gasteiger partial charge is 0.470 e. The van der Waals surface area contributed by atoms with E-state index in [0.717, 1.165) is 5.56 Å². The summed E-state index contributed by atoms with van der Waals surface area (Å²) in [6, 6.07) is 15.9. The molecule has 1 amide bonds. The van der Waals surface area contributed by atoms with Gasteiger partial charge in [0.2, 0.25) is 11.7 Å². The monoisotopic (exact) mass is 400 g/mol. The molecular weight excluding hydrogens is 384 g/mol. The summed E-state index contributed by atoms with van der Waals surface area (Å²) >= 11 is 5.88. The van der Waals surface area contributed by atoms with Crippen LogP contribution in [0.1, 0.15) is 5.56 Å². The number of benzene rings is 2. The molecule has 1 aliphatic heterocycles. The van der Waals surface area contributed by atoms with Crippen molar-refractivity contribution in [3.63, 3.8) is 0 Å². The maximum absolute atomic E-state index is 12.3. The van der Waals surface area contributed by atoms with E-state index in [9.17, 15) is 14.4 Å². The molecule has 2 aromatic rings. The number of nitrogens with one attached hydrogen (secondary N) is 2. The van der Waals surface area contributed by atoms with Crippen molar-refractivity contribution in [3.05, 3.63) is 76.6 Å². The molecule has 7 nitrogen and oxygen atoms in total. The normalized spacial score (nSPS) is 13.1. The van der Waals surface area contributed by atoms with Gasteiger partial charge in [-0.25, -0.2) is 4.79 Å². The van der Waals surface area contributed by atoms with E-state index in [1.165, 1.54) is 0 Å². The highest BCUT2D eigenvalue weighted by Crippen LogP contribution is 2.20. The number of carbonyl (C=O) groups is 3. The molecule has 0 saturated carbocycles. The first kappa shape index (κ1) is 19.4. The van der Waals surface area contributed by atoms with Crippen LogP contribution in [0.2, 0.25) is 5.02 Å². The Bertz CT molecular complexity index is 927. The molecule has 1 heterocycles. The third-order valence-electron chi connectivity index (χ3n) is 3.80. The first-order chi connectivity index (χ1) is 13.5. The molecule has 0 spiro atoms. The molecule has 3 rings (SSSR count). The lowest BCUT2D eigenvalue weighted by atomic mass is 10.2. The summed E-state index contributed by atoms with van der Waals surface area (Å²) in [6.07, 6.45) is 0.